The number of carbonyl (C=O) groups excluding carboxylic acids is 1. The number of hydrogen-bond acceptors (Lipinski definition) is 6. The summed E-state index contributed by atoms with van der Waals surface area (Å²) in [4.78, 5) is 30.1. The van der Waals surface area contributed by atoms with Crippen LogP contribution in [0.4, 0.5) is 5.69 Å². The third kappa shape index (κ3) is 16.2. The van der Waals surface area contributed by atoms with Crippen molar-refractivity contribution in [3.8, 4) is 0 Å². The summed E-state index contributed by atoms with van der Waals surface area (Å²) < 4.78 is 2.04. The van der Waals surface area contributed by atoms with Crippen LogP contribution >= 0.6 is 0 Å². The predicted octanol–water partition coefficient (Wildman–Crippen LogP) is 12.9. The first-order valence-electron chi connectivity index (χ1n) is 20.6. The number of hydrogen-bond donors (Lipinski definition) is 1. The van der Waals surface area contributed by atoms with Crippen LogP contribution in [0.1, 0.15) is 161 Å². The molecule has 0 aliphatic carbocycles. The maximum Gasteiger partial charge on any atom is 0.129 e. The second-order valence-electron chi connectivity index (χ2n) is 15.3. The fourth-order valence-electron chi connectivity index (χ4n) is 6.73. The highest BCUT2D eigenvalue weighted by Crippen LogP contribution is 2.33. The fraction of sp³-hybridized carbons (Fsp3) is 0.644. The van der Waals surface area contributed by atoms with Crippen molar-refractivity contribution >= 4 is 33.4 Å². The highest BCUT2D eigenvalue weighted by atomic mass is 16.3. The molecule has 0 spiro atoms. The Morgan fingerprint density at radius 3 is 1.98 bits per heavy atom. The number of Topliss-reactive ketones (excluding diaryl/α,β-unsaturated/α-hetero) is 1. The van der Waals surface area contributed by atoms with Gasteiger partial charge in [-0.15, -0.1) is 9.70 Å². The van der Waals surface area contributed by atoms with E-state index in [0.29, 0.717) is 11.8 Å². The summed E-state index contributed by atoms with van der Waals surface area (Å²) in [7, 11) is 4.41. The number of nitrogens with zero attached hydrogens (tertiary/aromatic N) is 5. The molecule has 0 fully saturated rings. The number of unbranched alkanes of at least 4 members (excludes halogenated alkanes) is 3. The van der Waals surface area contributed by atoms with Gasteiger partial charge < -0.3 is 15.4 Å². The average molecular weight is 733 g/mol. The van der Waals surface area contributed by atoms with Crippen molar-refractivity contribution < 1.29 is 4.79 Å². The lowest BCUT2D eigenvalue weighted by molar-refractivity contribution is -0.117. The Morgan fingerprint density at radius 1 is 0.849 bits per heavy atom. The van der Waals surface area contributed by atoms with Gasteiger partial charge in [0.15, 0.2) is 0 Å². The smallest absolute Gasteiger partial charge is 0.129 e. The maximum absolute atomic E-state index is 11.5. The number of nitrogens with two attached hydrogens (primary N) is 1. The molecular weight excluding hydrogens is 657 g/mol. The van der Waals surface area contributed by atoms with Gasteiger partial charge in [0.2, 0.25) is 0 Å². The molecule has 0 amide bonds. The van der Waals surface area contributed by atoms with Gasteiger partial charge in [-0.25, -0.2) is 0 Å². The first-order valence-corrected chi connectivity index (χ1v) is 20.6. The molecule has 8 nitrogen and oxygen atoms in total. The number of aromatic nitrogens is 3. The van der Waals surface area contributed by atoms with E-state index in [0.717, 1.165) is 78.1 Å². The summed E-state index contributed by atoms with van der Waals surface area (Å²) in [6, 6.07) is 13.2. The molecule has 3 unspecified atom stereocenters. The van der Waals surface area contributed by atoms with E-state index in [1.54, 1.807) is 6.92 Å². The second kappa shape index (κ2) is 26.3. The largest absolute Gasteiger partial charge is 0.398 e. The predicted molar refractivity (Wildman–Crippen MR) is 231 cm³/mol. The summed E-state index contributed by atoms with van der Waals surface area (Å²) in [5.41, 5.74) is 13.1. The van der Waals surface area contributed by atoms with Crippen LogP contribution in [0.15, 0.2) is 47.9 Å². The number of para-hydroxylation sites is 1. The van der Waals surface area contributed by atoms with Gasteiger partial charge in [-0.3, -0.25) is 9.67 Å². The van der Waals surface area contributed by atoms with E-state index in [9.17, 15) is 9.70 Å². The van der Waals surface area contributed by atoms with Crippen LogP contribution in [0.5, 0.6) is 0 Å². The molecule has 4 aromatic rings. The van der Waals surface area contributed by atoms with Gasteiger partial charge in [0.1, 0.15) is 16.8 Å². The van der Waals surface area contributed by atoms with Gasteiger partial charge in [-0.05, 0) is 103 Å². The van der Waals surface area contributed by atoms with E-state index in [-0.39, 0.29) is 0 Å². The van der Waals surface area contributed by atoms with Crippen molar-refractivity contribution in [3.05, 3.63) is 64.2 Å². The van der Waals surface area contributed by atoms with E-state index in [1.165, 1.54) is 72.8 Å². The molecule has 298 valence electrons. The van der Waals surface area contributed by atoms with Crippen LogP contribution in [-0.4, -0.2) is 45.3 Å². The topological polar surface area (TPSA) is 98.5 Å². The average Bonchev–Trinajstić information content (AvgIpc) is 3.12. The number of nitroso groups, excluding NO2 is 1. The third-order valence-electron chi connectivity index (χ3n) is 10.2. The van der Waals surface area contributed by atoms with Crippen molar-refractivity contribution in [2.45, 2.75) is 171 Å². The third-order valence-corrected chi connectivity index (χ3v) is 10.2. The maximum atomic E-state index is 11.5. The van der Waals surface area contributed by atoms with E-state index in [4.69, 9.17) is 5.73 Å². The minimum absolute atomic E-state index is 0.307. The van der Waals surface area contributed by atoms with Gasteiger partial charge in [0.25, 0.3) is 0 Å². The molecule has 3 atom stereocenters. The number of aryl methyl sites for hydroxylation is 3. The number of rotatable bonds is 18. The lowest BCUT2D eigenvalue weighted by atomic mass is 9.97. The minimum atomic E-state index is 0.307. The van der Waals surface area contributed by atoms with Crippen molar-refractivity contribution in [1.82, 2.24) is 19.4 Å². The van der Waals surface area contributed by atoms with Crippen molar-refractivity contribution in [1.29, 1.82) is 0 Å². The number of ketones is 1. The molecule has 2 aromatic heterocycles. The fourth-order valence-corrected chi connectivity index (χ4v) is 6.73. The highest BCUT2D eigenvalue weighted by molar-refractivity contribution is 6.03. The monoisotopic (exact) mass is 733 g/mol. The molecule has 4 rings (SSSR count). The van der Waals surface area contributed by atoms with Crippen molar-refractivity contribution in [2.24, 2.45) is 11.2 Å². The number of benzene rings is 2. The first-order chi connectivity index (χ1) is 25.3. The number of carbonyl (C=O) groups is 1. The Balaban J connectivity index is 0.000000397. The number of anilines is 1. The molecule has 2 heterocycles. The summed E-state index contributed by atoms with van der Waals surface area (Å²) in [6.07, 6.45) is 18.4. The van der Waals surface area contributed by atoms with Gasteiger partial charge in [-0.1, -0.05) is 122 Å². The normalized spacial score (nSPS) is 12.6. The zero-order valence-electron chi connectivity index (χ0n) is 35.8. The molecule has 0 bridgehead atoms. The van der Waals surface area contributed by atoms with E-state index < -0.39 is 0 Å². The summed E-state index contributed by atoms with van der Waals surface area (Å²) in [5.74, 6) is 1.21. The molecule has 0 aliphatic heterocycles. The summed E-state index contributed by atoms with van der Waals surface area (Å²) in [5, 5.41) is 4.27. The second-order valence-corrected chi connectivity index (χ2v) is 15.3. The number of pyridine rings is 1. The Labute approximate surface area is 323 Å². The van der Waals surface area contributed by atoms with Crippen LogP contribution in [0.25, 0.3) is 21.9 Å². The molecule has 8 heteroatoms. The lowest BCUT2D eigenvalue weighted by Gasteiger charge is -2.29. The summed E-state index contributed by atoms with van der Waals surface area (Å²) in [6.45, 7) is 21.2. The molecule has 2 aromatic carbocycles. The Morgan fingerprint density at radius 2 is 1.47 bits per heavy atom. The Hall–Kier alpha value is -3.52. The van der Waals surface area contributed by atoms with Gasteiger partial charge in [0.05, 0.1) is 23.0 Å². The molecule has 0 radical (unpaired) electrons. The Kier molecular flexibility index (Phi) is 23.6. The zero-order chi connectivity index (χ0) is 39.9. The summed E-state index contributed by atoms with van der Waals surface area (Å²) >= 11 is 0. The molecule has 0 aliphatic rings. The lowest BCUT2D eigenvalue weighted by Crippen LogP contribution is -2.28. The van der Waals surface area contributed by atoms with Crippen molar-refractivity contribution in [2.75, 3.05) is 19.8 Å². The first kappa shape index (κ1) is 47.5. The molecule has 53 heavy (non-hydrogen) atoms. The molecular formula is C45H76N6O2. The minimum Gasteiger partial charge on any atom is -0.398 e. The molecule has 0 saturated heterocycles. The molecule has 2 N–H and O–H groups in total. The number of fused-ring (bicyclic) bond motifs is 3. The quantitative estimate of drug-likeness (QED) is 0.0624. The van der Waals surface area contributed by atoms with Gasteiger partial charge in [-0.2, -0.15) is 0 Å². The molecule has 0 saturated carbocycles. The van der Waals surface area contributed by atoms with E-state index in [2.05, 4.69) is 89.9 Å². The van der Waals surface area contributed by atoms with Crippen LogP contribution in [-0.2, 0) is 4.79 Å². The van der Waals surface area contributed by atoms with Gasteiger partial charge in [0, 0.05) is 23.5 Å². The van der Waals surface area contributed by atoms with Crippen molar-refractivity contribution in [3.63, 3.8) is 0 Å². The Bertz CT molecular complexity index is 1580. The number of nitrogen functional groups attached to an aromatic ring is 1. The van der Waals surface area contributed by atoms with E-state index >= 15 is 0 Å². The van der Waals surface area contributed by atoms with Crippen LogP contribution < -0.4 is 5.73 Å². The van der Waals surface area contributed by atoms with Crippen LogP contribution in [0.3, 0.4) is 0 Å². The van der Waals surface area contributed by atoms with E-state index in [1.807, 2.05) is 49.0 Å². The van der Waals surface area contributed by atoms with Gasteiger partial charge >= 0.3 is 0 Å². The standard InChI is InChI=1S/C18H24N4O.C12H27N.C9H13N.C6H12O/c1-3-5-6-10-14(9-4-2)21-17-13-19-16-12-8-7-11-15(16)18(17)22(21)20-23;1-6-8-12(13(4)5)10-9-11(3)7-2;1-6-4-7(2)9(10)8(3)5-6;1-3-4-5-6(2)7/h7-8,11-14H,3-6,9-10H2,1-2H3;11-12H,6-10H2,1-5H3;4-5H,10H2,1-3H3;3-5H2,1-2H3. The highest BCUT2D eigenvalue weighted by Gasteiger charge is 2.23. The van der Waals surface area contributed by atoms with Crippen LogP contribution in [0, 0.1) is 31.6 Å². The SMILES string of the molecule is CCCC(CCC(C)CC)N(C)C.CCCCC(C)=O.CCCCCC(CCC)n1c2cnc3ccccc3c2n1N=O.Cc1cc(C)c(N)c(C)c1. The van der Waals surface area contributed by atoms with Crippen LogP contribution in [0.2, 0.25) is 0 Å². The zero-order valence-corrected chi connectivity index (χ0v) is 35.8.